The van der Waals surface area contributed by atoms with Gasteiger partial charge in [-0.05, 0) is 84.2 Å². The van der Waals surface area contributed by atoms with Crippen LogP contribution in [0, 0.1) is 27.7 Å². The van der Waals surface area contributed by atoms with E-state index in [2.05, 4.69) is 68.4 Å². The van der Waals surface area contributed by atoms with Crippen LogP contribution in [0.2, 0.25) is 0 Å². The van der Waals surface area contributed by atoms with Gasteiger partial charge in [0.15, 0.2) is 5.65 Å². The molecule has 0 atom stereocenters. The number of benzene rings is 1. The first-order valence-corrected chi connectivity index (χ1v) is 10.1. The largest absolute Gasteiger partial charge is 0.303 e. The second-order valence-electron chi connectivity index (χ2n) is 8.22. The van der Waals surface area contributed by atoms with Gasteiger partial charge in [0, 0.05) is 23.0 Å². The lowest BCUT2D eigenvalue weighted by Crippen LogP contribution is -2.22. The first-order chi connectivity index (χ1) is 12.9. The molecular formula is C23H30N4. The Kier molecular flexibility index (Phi) is 4.77. The highest BCUT2D eigenvalue weighted by Gasteiger charge is 2.25. The van der Waals surface area contributed by atoms with E-state index in [1.165, 1.54) is 40.8 Å². The standard InChI is InChI=1S/C23H30N4/c1-15-8-11-21(16(2)13-15)22-18(4)25-27-20(14-17(3)24-23(22)27)7-6-12-26(5)19-9-10-19/h8,11,13-14,19H,6-7,9-10,12H2,1-5H3. The number of rotatable bonds is 6. The maximum Gasteiger partial charge on any atom is 0.163 e. The van der Waals surface area contributed by atoms with Crippen LogP contribution in [-0.2, 0) is 6.42 Å². The van der Waals surface area contributed by atoms with Crippen LogP contribution in [-0.4, -0.2) is 39.1 Å². The van der Waals surface area contributed by atoms with Gasteiger partial charge in [0.2, 0.25) is 0 Å². The zero-order valence-corrected chi connectivity index (χ0v) is 17.2. The molecule has 0 unspecified atom stereocenters. The van der Waals surface area contributed by atoms with Crippen LogP contribution in [0.15, 0.2) is 24.3 Å². The van der Waals surface area contributed by atoms with Gasteiger partial charge in [-0.1, -0.05) is 23.8 Å². The summed E-state index contributed by atoms with van der Waals surface area (Å²) >= 11 is 0. The van der Waals surface area contributed by atoms with Crippen molar-refractivity contribution in [1.82, 2.24) is 19.5 Å². The summed E-state index contributed by atoms with van der Waals surface area (Å²) in [6, 6.07) is 9.65. The summed E-state index contributed by atoms with van der Waals surface area (Å²) in [6.07, 6.45) is 4.92. The van der Waals surface area contributed by atoms with E-state index in [9.17, 15) is 0 Å². The van der Waals surface area contributed by atoms with Crippen molar-refractivity contribution in [3.63, 3.8) is 0 Å². The number of hydrogen-bond acceptors (Lipinski definition) is 3. The third-order valence-corrected chi connectivity index (χ3v) is 5.73. The van der Waals surface area contributed by atoms with Crippen molar-refractivity contribution in [3.8, 4) is 11.1 Å². The third-order valence-electron chi connectivity index (χ3n) is 5.73. The van der Waals surface area contributed by atoms with Crippen LogP contribution >= 0.6 is 0 Å². The lowest BCUT2D eigenvalue weighted by atomic mass is 9.99. The number of nitrogens with zero attached hydrogens (tertiary/aromatic N) is 4. The van der Waals surface area contributed by atoms with E-state index in [0.717, 1.165) is 42.5 Å². The molecule has 1 aliphatic carbocycles. The van der Waals surface area contributed by atoms with Crippen molar-refractivity contribution in [3.05, 3.63) is 52.5 Å². The Balaban J connectivity index is 1.70. The number of hydrogen-bond donors (Lipinski definition) is 0. The third kappa shape index (κ3) is 3.63. The van der Waals surface area contributed by atoms with E-state index in [0.29, 0.717) is 0 Å². The highest BCUT2D eigenvalue weighted by Crippen LogP contribution is 2.31. The highest BCUT2D eigenvalue weighted by atomic mass is 15.3. The fourth-order valence-corrected chi connectivity index (χ4v) is 4.12. The van der Waals surface area contributed by atoms with E-state index in [-0.39, 0.29) is 0 Å². The Morgan fingerprint density at radius 3 is 2.59 bits per heavy atom. The molecule has 4 heteroatoms. The zero-order valence-electron chi connectivity index (χ0n) is 17.2. The molecule has 1 aliphatic rings. The lowest BCUT2D eigenvalue weighted by molar-refractivity contribution is 0.319. The fraction of sp³-hybridized carbons (Fsp3) is 0.478. The predicted octanol–water partition coefficient (Wildman–Crippen LogP) is 4.66. The Morgan fingerprint density at radius 1 is 1.11 bits per heavy atom. The molecule has 0 N–H and O–H groups in total. The highest BCUT2D eigenvalue weighted by molar-refractivity contribution is 5.82. The van der Waals surface area contributed by atoms with Crippen molar-refractivity contribution in [2.75, 3.05) is 13.6 Å². The SMILES string of the molecule is Cc1ccc(-c2c(C)nn3c(CCCN(C)C4CC4)cc(C)nc23)c(C)c1. The van der Waals surface area contributed by atoms with E-state index in [4.69, 9.17) is 10.1 Å². The molecule has 0 bridgehead atoms. The number of aryl methyl sites for hydroxylation is 5. The molecule has 0 amide bonds. The molecule has 2 heterocycles. The Morgan fingerprint density at radius 2 is 1.89 bits per heavy atom. The summed E-state index contributed by atoms with van der Waals surface area (Å²) in [5.74, 6) is 0. The predicted molar refractivity (Wildman–Crippen MR) is 111 cm³/mol. The average Bonchev–Trinajstić information content (AvgIpc) is 3.40. The van der Waals surface area contributed by atoms with Gasteiger partial charge in [-0.2, -0.15) is 5.10 Å². The van der Waals surface area contributed by atoms with E-state index >= 15 is 0 Å². The molecule has 3 aromatic rings. The molecule has 2 aromatic heterocycles. The molecule has 1 saturated carbocycles. The van der Waals surface area contributed by atoms with Gasteiger partial charge in [0.25, 0.3) is 0 Å². The minimum absolute atomic E-state index is 0.826. The summed E-state index contributed by atoms with van der Waals surface area (Å²) < 4.78 is 2.08. The van der Waals surface area contributed by atoms with Gasteiger partial charge in [-0.15, -0.1) is 0 Å². The quantitative estimate of drug-likeness (QED) is 0.640. The second kappa shape index (κ2) is 7.08. The molecule has 4 rings (SSSR count). The minimum Gasteiger partial charge on any atom is -0.303 e. The summed E-state index contributed by atoms with van der Waals surface area (Å²) in [4.78, 5) is 7.37. The number of aromatic nitrogens is 3. The van der Waals surface area contributed by atoms with Crippen molar-refractivity contribution in [2.24, 2.45) is 0 Å². The van der Waals surface area contributed by atoms with Crippen LogP contribution in [0.4, 0.5) is 0 Å². The van der Waals surface area contributed by atoms with Crippen molar-refractivity contribution in [2.45, 2.75) is 59.4 Å². The topological polar surface area (TPSA) is 33.4 Å². The Labute approximate surface area is 162 Å². The van der Waals surface area contributed by atoms with Crippen LogP contribution in [0.1, 0.15) is 47.5 Å². The average molecular weight is 363 g/mol. The lowest BCUT2D eigenvalue weighted by Gasteiger charge is -2.15. The van der Waals surface area contributed by atoms with Crippen molar-refractivity contribution >= 4 is 5.65 Å². The van der Waals surface area contributed by atoms with Gasteiger partial charge < -0.3 is 4.90 Å². The van der Waals surface area contributed by atoms with E-state index in [1.807, 2.05) is 0 Å². The first-order valence-electron chi connectivity index (χ1n) is 10.1. The van der Waals surface area contributed by atoms with Gasteiger partial charge in [0.1, 0.15) is 0 Å². The molecule has 142 valence electrons. The molecule has 0 radical (unpaired) electrons. The Hall–Kier alpha value is -2.20. The maximum absolute atomic E-state index is 4.88. The first kappa shape index (κ1) is 18.2. The van der Waals surface area contributed by atoms with Crippen molar-refractivity contribution < 1.29 is 0 Å². The second-order valence-corrected chi connectivity index (χ2v) is 8.22. The molecule has 27 heavy (non-hydrogen) atoms. The molecule has 0 saturated heterocycles. The van der Waals surface area contributed by atoms with E-state index in [1.54, 1.807) is 0 Å². The van der Waals surface area contributed by atoms with Crippen LogP contribution in [0.3, 0.4) is 0 Å². The summed E-state index contributed by atoms with van der Waals surface area (Å²) in [7, 11) is 2.25. The summed E-state index contributed by atoms with van der Waals surface area (Å²) in [6.45, 7) is 9.66. The van der Waals surface area contributed by atoms with Crippen LogP contribution in [0.25, 0.3) is 16.8 Å². The molecule has 4 nitrogen and oxygen atoms in total. The number of fused-ring (bicyclic) bond motifs is 1. The molecule has 1 aromatic carbocycles. The summed E-state index contributed by atoms with van der Waals surface area (Å²) in [5.41, 5.74) is 9.36. The summed E-state index contributed by atoms with van der Waals surface area (Å²) in [5, 5.41) is 4.88. The van der Waals surface area contributed by atoms with Gasteiger partial charge >= 0.3 is 0 Å². The molecule has 1 fully saturated rings. The minimum atomic E-state index is 0.826. The molecular weight excluding hydrogens is 332 g/mol. The fourth-order valence-electron chi connectivity index (χ4n) is 4.12. The van der Waals surface area contributed by atoms with Gasteiger partial charge in [0.05, 0.1) is 5.69 Å². The normalized spacial score (nSPS) is 14.4. The molecule has 0 spiro atoms. The van der Waals surface area contributed by atoms with Crippen LogP contribution in [0.5, 0.6) is 0 Å². The maximum atomic E-state index is 4.88. The zero-order chi connectivity index (χ0) is 19.1. The molecule has 0 aliphatic heterocycles. The van der Waals surface area contributed by atoms with E-state index < -0.39 is 0 Å². The smallest absolute Gasteiger partial charge is 0.163 e. The van der Waals surface area contributed by atoms with Crippen LogP contribution < -0.4 is 0 Å². The van der Waals surface area contributed by atoms with Gasteiger partial charge in [-0.3, -0.25) is 0 Å². The Bertz CT molecular complexity index is 982. The monoisotopic (exact) mass is 362 g/mol. The van der Waals surface area contributed by atoms with Gasteiger partial charge in [-0.25, -0.2) is 9.50 Å². The van der Waals surface area contributed by atoms with Crippen molar-refractivity contribution in [1.29, 1.82) is 0 Å².